The Labute approximate surface area is 110 Å². The molecule has 1 aliphatic rings. The van der Waals surface area contributed by atoms with Crippen molar-refractivity contribution >= 4 is 0 Å². The minimum atomic E-state index is 1.00. The molecule has 0 unspecified atom stereocenters. The van der Waals surface area contributed by atoms with Gasteiger partial charge in [0.2, 0.25) is 0 Å². The standard InChI is InChI=1S/C7H8.C5H5N.C4H8O/c1-7-5-3-2-4-6-7;1-2-4-6-5-3-1;1-2-4-5-3-1/h2-6H,1H3;1-5H;1-4H2. The molecule has 0 spiro atoms. The molecule has 1 aromatic carbocycles. The third kappa shape index (κ3) is 8.48. The van der Waals surface area contributed by atoms with Gasteiger partial charge in [0.05, 0.1) is 0 Å². The number of nitrogens with zero attached hydrogens (tertiary/aromatic N) is 1. The third-order valence-electron chi connectivity index (χ3n) is 2.33. The predicted molar refractivity (Wildman–Crippen MR) is 75.5 cm³/mol. The van der Waals surface area contributed by atoms with Crippen LogP contribution in [-0.4, -0.2) is 18.2 Å². The quantitative estimate of drug-likeness (QED) is 0.700. The minimum absolute atomic E-state index is 1.00. The maximum Gasteiger partial charge on any atom is 0.0466 e. The van der Waals surface area contributed by atoms with Crippen molar-refractivity contribution < 1.29 is 4.74 Å². The van der Waals surface area contributed by atoms with Crippen LogP contribution < -0.4 is 0 Å². The zero-order chi connectivity index (χ0) is 12.9. The van der Waals surface area contributed by atoms with Crippen molar-refractivity contribution in [2.45, 2.75) is 19.8 Å². The Hall–Kier alpha value is -1.67. The molecule has 0 radical (unpaired) electrons. The smallest absolute Gasteiger partial charge is 0.0466 e. The molecule has 3 rings (SSSR count). The fourth-order valence-corrected chi connectivity index (χ4v) is 1.36. The van der Waals surface area contributed by atoms with Gasteiger partial charge in [-0.05, 0) is 31.9 Å². The van der Waals surface area contributed by atoms with Gasteiger partial charge in [0.15, 0.2) is 0 Å². The first-order chi connectivity index (χ1) is 8.89. The number of pyridine rings is 1. The zero-order valence-corrected chi connectivity index (χ0v) is 11.0. The van der Waals surface area contributed by atoms with E-state index in [9.17, 15) is 0 Å². The van der Waals surface area contributed by atoms with Crippen molar-refractivity contribution in [3.05, 3.63) is 66.5 Å². The Kier molecular flexibility index (Phi) is 8.38. The molecule has 2 heteroatoms. The minimum Gasteiger partial charge on any atom is -0.381 e. The summed E-state index contributed by atoms with van der Waals surface area (Å²) in [4.78, 5) is 3.78. The molecular formula is C16H21NO. The Morgan fingerprint density at radius 3 is 1.61 bits per heavy atom. The normalized spacial score (nSPS) is 12.7. The SMILES string of the molecule is C1CCOC1.Cc1ccccc1.c1ccncc1. The number of aryl methyl sites for hydroxylation is 1. The number of benzene rings is 1. The summed E-state index contributed by atoms with van der Waals surface area (Å²) in [7, 11) is 0. The van der Waals surface area contributed by atoms with Crippen LogP contribution in [-0.2, 0) is 4.74 Å². The average Bonchev–Trinajstić information content (AvgIpc) is 3.01. The van der Waals surface area contributed by atoms with Gasteiger partial charge >= 0.3 is 0 Å². The van der Waals surface area contributed by atoms with Crippen LogP contribution >= 0.6 is 0 Å². The Morgan fingerprint density at radius 2 is 1.39 bits per heavy atom. The van der Waals surface area contributed by atoms with Crippen LogP contribution in [0.1, 0.15) is 18.4 Å². The summed E-state index contributed by atoms with van der Waals surface area (Å²) in [5.41, 5.74) is 1.32. The number of rotatable bonds is 0. The van der Waals surface area contributed by atoms with Gasteiger partial charge in [0.25, 0.3) is 0 Å². The highest BCUT2D eigenvalue weighted by Gasteiger charge is 1.94. The van der Waals surface area contributed by atoms with Crippen LogP contribution in [0.5, 0.6) is 0 Å². The van der Waals surface area contributed by atoms with Gasteiger partial charge in [-0.25, -0.2) is 0 Å². The van der Waals surface area contributed by atoms with Crippen LogP contribution in [0.3, 0.4) is 0 Å². The van der Waals surface area contributed by atoms with Gasteiger partial charge < -0.3 is 4.74 Å². The summed E-state index contributed by atoms with van der Waals surface area (Å²) in [5, 5.41) is 0. The maximum absolute atomic E-state index is 4.94. The molecule has 2 nitrogen and oxygen atoms in total. The van der Waals surface area contributed by atoms with E-state index in [0.717, 1.165) is 13.2 Å². The maximum atomic E-state index is 4.94. The highest BCUT2D eigenvalue weighted by Crippen LogP contribution is 1.98. The second kappa shape index (κ2) is 10.5. The molecule has 2 aromatic rings. The molecular weight excluding hydrogens is 222 g/mol. The zero-order valence-electron chi connectivity index (χ0n) is 11.0. The molecule has 1 fully saturated rings. The van der Waals surface area contributed by atoms with Gasteiger partial charge in [0, 0.05) is 25.6 Å². The molecule has 0 bridgehead atoms. The van der Waals surface area contributed by atoms with Crippen LogP contribution in [0, 0.1) is 6.92 Å². The Balaban J connectivity index is 0.000000137. The van der Waals surface area contributed by atoms with Crippen molar-refractivity contribution in [1.82, 2.24) is 4.98 Å². The van der Waals surface area contributed by atoms with E-state index in [-0.39, 0.29) is 0 Å². The molecule has 0 atom stereocenters. The lowest BCUT2D eigenvalue weighted by atomic mass is 10.2. The lowest BCUT2D eigenvalue weighted by Gasteiger charge is -1.82. The molecule has 0 amide bonds. The second-order valence-electron chi connectivity index (χ2n) is 4.00. The summed E-state index contributed by atoms with van der Waals surface area (Å²) in [6.45, 7) is 4.08. The van der Waals surface area contributed by atoms with E-state index >= 15 is 0 Å². The second-order valence-corrected chi connectivity index (χ2v) is 4.00. The summed E-state index contributed by atoms with van der Waals surface area (Å²) < 4.78 is 4.94. The fourth-order valence-electron chi connectivity index (χ4n) is 1.36. The van der Waals surface area contributed by atoms with Gasteiger partial charge in [-0.3, -0.25) is 4.98 Å². The first-order valence-corrected chi connectivity index (χ1v) is 6.34. The summed E-state index contributed by atoms with van der Waals surface area (Å²) >= 11 is 0. The van der Waals surface area contributed by atoms with E-state index < -0.39 is 0 Å². The first kappa shape index (κ1) is 14.4. The molecule has 1 saturated heterocycles. The molecule has 1 aromatic heterocycles. The largest absolute Gasteiger partial charge is 0.381 e. The fraction of sp³-hybridized carbons (Fsp3) is 0.312. The van der Waals surface area contributed by atoms with Crippen LogP contribution in [0.25, 0.3) is 0 Å². The lowest BCUT2D eigenvalue weighted by molar-refractivity contribution is 0.198. The molecule has 0 N–H and O–H groups in total. The topological polar surface area (TPSA) is 22.1 Å². The summed E-state index contributed by atoms with van der Waals surface area (Å²) in [6, 6.07) is 16.0. The van der Waals surface area contributed by atoms with Crippen LogP contribution in [0.15, 0.2) is 60.9 Å². The molecule has 0 saturated carbocycles. The highest BCUT2D eigenvalue weighted by atomic mass is 16.5. The molecule has 2 heterocycles. The van der Waals surface area contributed by atoms with E-state index in [1.807, 2.05) is 36.4 Å². The van der Waals surface area contributed by atoms with E-state index in [1.54, 1.807) is 12.4 Å². The van der Waals surface area contributed by atoms with Gasteiger partial charge in [-0.2, -0.15) is 0 Å². The Morgan fingerprint density at radius 1 is 0.833 bits per heavy atom. The number of hydrogen-bond acceptors (Lipinski definition) is 2. The van der Waals surface area contributed by atoms with Crippen molar-refractivity contribution in [3.8, 4) is 0 Å². The van der Waals surface area contributed by atoms with E-state index in [1.165, 1.54) is 18.4 Å². The molecule has 0 aliphatic carbocycles. The van der Waals surface area contributed by atoms with Crippen molar-refractivity contribution in [2.75, 3.05) is 13.2 Å². The van der Waals surface area contributed by atoms with Gasteiger partial charge in [0.1, 0.15) is 0 Å². The van der Waals surface area contributed by atoms with Crippen molar-refractivity contribution in [2.24, 2.45) is 0 Å². The van der Waals surface area contributed by atoms with E-state index in [2.05, 4.69) is 24.0 Å². The highest BCUT2D eigenvalue weighted by molar-refractivity contribution is 5.11. The van der Waals surface area contributed by atoms with Gasteiger partial charge in [-0.15, -0.1) is 0 Å². The number of ether oxygens (including phenoxy) is 1. The third-order valence-corrected chi connectivity index (χ3v) is 2.33. The van der Waals surface area contributed by atoms with Crippen molar-refractivity contribution in [3.63, 3.8) is 0 Å². The first-order valence-electron chi connectivity index (χ1n) is 6.34. The Bertz CT molecular complexity index is 337. The lowest BCUT2D eigenvalue weighted by Crippen LogP contribution is -1.74. The average molecular weight is 243 g/mol. The monoisotopic (exact) mass is 243 g/mol. The molecule has 1 aliphatic heterocycles. The van der Waals surface area contributed by atoms with Crippen LogP contribution in [0.2, 0.25) is 0 Å². The van der Waals surface area contributed by atoms with E-state index in [0.29, 0.717) is 0 Å². The summed E-state index contributed by atoms with van der Waals surface area (Å²) in [5.74, 6) is 0. The molecule has 18 heavy (non-hydrogen) atoms. The predicted octanol–water partition coefficient (Wildman–Crippen LogP) is 3.87. The van der Waals surface area contributed by atoms with Crippen molar-refractivity contribution in [1.29, 1.82) is 0 Å². The van der Waals surface area contributed by atoms with Crippen LogP contribution in [0.4, 0.5) is 0 Å². The number of hydrogen-bond donors (Lipinski definition) is 0. The van der Waals surface area contributed by atoms with E-state index in [4.69, 9.17) is 4.74 Å². The number of aromatic nitrogens is 1. The van der Waals surface area contributed by atoms with Gasteiger partial charge in [-0.1, -0.05) is 42.0 Å². The molecule has 96 valence electrons. The summed E-state index contributed by atoms with van der Waals surface area (Å²) in [6.07, 6.45) is 6.06.